The monoisotopic (exact) mass is 344 g/mol. The molecule has 1 atom stereocenters. The Labute approximate surface area is 145 Å². The number of ether oxygens (including phenoxy) is 2. The van der Waals surface area contributed by atoms with Crippen molar-refractivity contribution in [3.05, 3.63) is 52.6 Å². The van der Waals surface area contributed by atoms with E-state index in [1.165, 1.54) is 19.2 Å². The Bertz CT molecular complexity index is 795. The number of aromatic nitrogens is 2. The highest BCUT2D eigenvalue weighted by atomic mass is 16.5. The molecule has 2 heterocycles. The summed E-state index contributed by atoms with van der Waals surface area (Å²) in [6.45, 7) is 6.75. The molecule has 1 N–H and O–H groups in total. The van der Waals surface area contributed by atoms with E-state index in [1.54, 1.807) is 32.9 Å². The third-order valence-electron chi connectivity index (χ3n) is 3.69. The Kier molecular flexibility index (Phi) is 5.69. The number of nitrogens with zero attached hydrogens (tertiary/aromatic N) is 1. The minimum atomic E-state index is -1.03. The molecule has 2 rings (SSSR count). The number of esters is 2. The van der Waals surface area contributed by atoms with Gasteiger partial charge in [0.2, 0.25) is 5.78 Å². The van der Waals surface area contributed by atoms with Crippen molar-refractivity contribution in [3.8, 4) is 0 Å². The summed E-state index contributed by atoms with van der Waals surface area (Å²) < 4.78 is 10.2. The average molecular weight is 344 g/mol. The van der Waals surface area contributed by atoms with Gasteiger partial charge in [0.25, 0.3) is 0 Å². The van der Waals surface area contributed by atoms with Crippen LogP contribution in [0.4, 0.5) is 0 Å². The van der Waals surface area contributed by atoms with Crippen LogP contribution in [0.2, 0.25) is 0 Å². The normalized spacial score (nSPS) is 11.7. The number of pyridine rings is 1. The van der Waals surface area contributed by atoms with Gasteiger partial charge >= 0.3 is 11.9 Å². The highest BCUT2D eigenvalue weighted by Gasteiger charge is 2.27. The lowest BCUT2D eigenvalue weighted by Crippen LogP contribution is -2.25. The summed E-state index contributed by atoms with van der Waals surface area (Å²) in [6, 6.07) is 4.83. The number of Topliss-reactive ketones (excluding diaryl/α,β-unsaturated/α-hetero) is 1. The summed E-state index contributed by atoms with van der Waals surface area (Å²) in [7, 11) is 0. The third kappa shape index (κ3) is 3.93. The van der Waals surface area contributed by atoms with Gasteiger partial charge in [-0.25, -0.2) is 14.6 Å². The molecule has 0 unspecified atom stereocenters. The first kappa shape index (κ1) is 18.4. The zero-order valence-corrected chi connectivity index (χ0v) is 14.6. The summed E-state index contributed by atoms with van der Waals surface area (Å²) in [5.74, 6) is -1.61. The van der Waals surface area contributed by atoms with Crippen LogP contribution in [-0.4, -0.2) is 40.4 Å². The molecule has 0 aromatic carbocycles. The molecule has 0 saturated heterocycles. The lowest BCUT2D eigenvalue weighted by Gasteiger charge is -2.11. The number of H-pyrrole nitrogens is 1. The standard InChI is InChI=1S/C18H20N2O5/c1-5-24-18(23)14-10(2)15(20-11(14)3)16(21)12(4)25-17(22)13-8-6-7-9-19-13/h6-9,12,20H,5H2,1-4H3/t12-/m0/s1. The van der Waals surface area contributed by atoms with Crippen LogP contribution in [0.5, 0.6) is 0 Å². The lowest BCUT2D eigenvalue weighted by molar-refractivity contribution is 0.0311. The molecule has 0 aliphatic heterocycles. The molecule has 7 heteroatoms. The number of carbonyl (C=O) groups excluding carboxylic acids is 3. The summed E-state index contributed by atoms with van der Waals surface area (Å²) in [6.07, 6.45) is 0.439. The molecule has 2 aromatic heterocycles. The average Bonchev–Trinajstić information content (AvgIpc) is 2.89. The number of aromatic amines is 1. The van der Waals surface area contributed by atoms with Crippen molar-refractivity contribution in [2.45, 2.75) is 33.8 Å². The Hall–Kier alpha value is -2.96. The van der Waals surface area contributed by atoms with Gasteiger partial charge in [-0.15, -0.1) is 0 Å². The van der Waals surface area contributed by atoms with E-state index in [4.69, 9.17) is 9.47 Å². The van der Waals surface area contributed by atoms with E-state index in [2.05, 4.69) is 9.97 Å². The molecule has 132 valence electrons. The molecule has 25 heavy (non-hydrogen) atoms. The predicted octanol–water partition coefficient (Wildman–Crippen LogP) is 2.63. The Morgan fingerprint density at radius 1 is 1.20 bits per heavy atom. The molecule has 2 aromatic rings. The minimum absolute atomic E-state index is 0.119. The van der Waals surface area contributed by atoms with Gasteiger partial charge in [0, 0.05) is 11.9 Å². The van der Waals surface area contributed by atoms with Crippen LogP contribution in [0, 0.1) is 13.8 Å². The molecule has 0 aliphatic rings. The van der Waals surface area contributed by atoms with Gasteiger partial charge in [0.15, 0.2) is 6.10 Å². The number of aryl methyl sites for hydroxylation is 1. The molecule has 0 radical (unpaired) electrons. The first-order valence-corrected chi connectivity index (χ1v) is 7.89. The topological polar surface area (TPSA) is 98.4 Å². The van der Waals surface area contributed by atoms with Gasteiger partial charge in [-0.3, -0.25) is 4.79 Å². The lowest BCUT2D eigenvalue weighted by atomic mass is 10.1. The van der Waals surface area contributed by atoms with E-state index in [9.17, 15) is 14.4 Å². The first-order valence-electron chi connectivity index (χ1n) is 7.89. The number of nitrogens with one attached hydrogen (secondary N) is 1. The molecule has 0 amide bonds. The van der Waals surface area contributed by atoms with E-state index in [1.807, 2.05) is 0 Å². The van der Waals surface area contributed by atoms with Gasteiger partial charge in [-0.05, 0) is 45.4 Å². The number of rotatable bonds is 6. The summed E-state index contributed by atoms with van der Waals surface area (Å²) in [5.41, 5.74) is 1.67. The zero-order chi connectivity index (χ0) is 18.6. The Morgan fingerprint density at radius 2 is 1.92 bits per heavy atom. The molecular formula is C18H20N2O5. The fraction of sp³-hybridized carbons (Fsp3) is 0.333. The van der Waals surface area contributed by atoms with Gasteiger partial charge in [-0.1, -0.05) is 6.07 Å². The van der Waals surface area contributed by atoms with Gasteiger partial charge in [0.1, 0.15) is 5.69 Å². The number of hydrogen-bond donors (Lipinski definition) is 1. The molecule has 7 nitrogen and oxygen atoms in total. The van der Waals surface area contributed by atoms with Crippen molar-refractivity contribution >= 4 is 17.7 Å². The van der Waals surface area contributed by atoms with E-state index in [0.29, 0.717) is 16.8 Å². The Morgan fingerprint density at radius 3 is 2.52 bits per heavy atom. The molecule has 0 saturated carbocycles. The van der Waals surface area contributed by atoms with Crippen LogP contribution in [-0.2, 0) is 9.47 Å². The largest absolute Gasteiger partial charge is 0.462 e. The molecule has 0 bridgehead atoms. The van der Waals surface area contributed by atoms with Crippen molar-refractivity contribution in [1.29, 1.82) is 0 Å². The molecule has 0 fully saturated rings. The fourth-order valence-corrected chi connectivity index (χ4v) is 2.47. The summed E-state index contributed by atoms with van der Waals surface area (Å²) in [4.78, 5) is 43.4. The minimum Gasteiger partial charge on any atom is -0.462 e. The first-order chi connectivity index (χ1) is 11.9. The fourth-order valence-electron chi connectivity index (χ4n) is 2.47. The van der Waals surface area contributed by atoms with Crippen LogP contribution in [0.1, 0.15) is 56.4 Å². The Balaban J connectivity index is 2.19. The van der Waals surface area contributed by atoms with Crippen LogP contribution >= 0.6 is 0 Å². The zero-order valence-electron chi connectivity index (χ0n) is 14.6. The van der Waals surface area contributed by atoms with Crippen LogP contribution in [0.25, 0.3) is 0 Å². The molecule has 0 spiro atoms. The second-order valence-electron chi connectivity index (χ2n) is 5.47. The van der Waals surface area contributed by atoms with Crippen LogP contribution < -0.4 is 0 Å². The van der Waals surface area contributed by atoms with Crippen LogP contribution in [0.3, 0.4) is 0 Å². The van der Waals surface area contributed by atoms with Gasteiger partial charge in [0.05, 0.1) is 17.9 Å². The smallest absolute Gasteiger partial charge is 0.357 e. The van der Waals surface area contributed by atoms with E-state index < -0.39 is 23.8 Å². The summed E-state index contributed by atoms with van der Waals surface area (Å²) >= 11 is 0. The highest BCUT2D eigenvalue weighted by Crippen LogP contribution is 2.21. The number of hydrogen-bond acceptors (Lipinski definition) is 6. The van der Waals surface area contributed by atoms with Crippen molar-refractivity contribution in [2.75, 3.05) is 6.61 Å². The highest BCUT2D eigenvalue weighted by molar-refractivity contribution is 6.04. The second-order valence-corrected chi connectivity index (χ2v) is 5.47. The maximum Gasteiger partial charge on any atom is 0.357 e. The number of carbonyl (C=O) groups is 3. The van der Waals surface area contributed by atoms with E-state index in [-0.39, 0.29) is 18.0 Å². The van der Waals surface area contributed by atoms with Gasteiger partial charge in [-0.2, -0.15) is 0 Å². The number of ketones is 1. The maximum absolute atomic E-state index is 12.6. The second kappa shape index (κ2) is 7.74. The predicted molar refractivity (Wildman–Crippen MR) is 89.7 cm³/mol. The van der Waals surface area contributed by atoms with Crippen LogP contribution in [0.15, 0.2) is 24.4 Å². The van der Waals surface area contributed by atoms with Crippen molar-refractivity contribution in [2.24, 2.45) is 0 Å². The maximum atomic E-state index is 12.6. The van der Waals surface area contributed by atoms with Crippen molar-refractivity contribution in [1.82, 2.24) is 9.97 Å². The third-order valence-corrected chi connectivity index (χ3v) is 3.69. The van der Waals surface area contributed by atoms with E-state index >= 15 is 0 Å². The van der Waals surface area contributed by atoms with Crippen molar-refractivity contribution < 1.29 is 23.9 Å². The molecular weight excluding hydrogens is 324 g/mol. The van der Waals surface area contributed by atoms with Gasteiger partial charge < -0.3 is 14.5 Å². The molecule has 0 aliphatic carbocycles. The SMILES string of the molecule is CCOC(=O)c1c(C)[nH]c(C(=O)[C@H](C)OC(=O)c2ccccn2)c1C. The van der Waals surface area contributed by atoms with E-state index in [0.717, 1.165) is 0 Å². The van der Waals surface area contributed by atoms with Crippen molar-refractivity contribution in [3.63, 3.8) is 0 Å². The summed E-state index contributed by atoms with van der Waals surface area (Å²) in [5, 5.41) is 0. The quantitative estimate of drug-likeness (QED) is 0.639.